The van der Waals surface area contributed by atoms with Crippen LogP contribution in [0, 0.1) is 6.92 Å². The summed E-state index contributed by atoms with van der Waals surface area (Å²) >= 11 is 0. The summed E-state index contributed by atoms with van der Waals surface area (Å²) in [7, 11) is 0. The van der Waals surface area contributed by atoms with Crippen molar-refractivity contribution in [3.63, 3.8) is 0 Å². The van der Waals surface area contributed by atoms with E-state index in [1.807, 2.05) is 60.7 Å². The zero-order valence-corrected chi connectivity index (χ0v) is 13.3. The Morgan fingerprint density at radius 3 is 2.42 bits per heavy atom. The molecule has 3 aromatic rings. The number of carbonyl (C=O) groups excluding carboxylic acids is 1. The van der Waals surface area contributed by atoms with Gasteiger partial charge in [-0.05, 0) is 31.2 Å². The maximum absolute atomic E-state index is 12.2. The molecular formula is C18H18N4O2. The Balaban J connectivity index is 1.56. The van der Waals surface area contributed by atoms with E-state index < -0.39 is 0 Å². The van der Waals surface area contributed by atoms with Gasteiger partial charge in [-0.15, -0.1) is 5.10 Å². The minimum absolute atomic E-state index is 0.258. The molecule has 0 saturated heterocycles. The van der Waals surface area contributed by atoms with Gasteiger partial charge in [-0.1, -0.05) is 36.4 Å². The second-order valence-electron chi connectivity index (χ2n) is 5.18. The van der Waals surface area contributed by atoms with E-state index in [0.717, 1.165) is 11.4 Å². The summed E-state index contributed by atoms with van der Waals surface area (Å²) in [5, 5.41) is 11.4. The lowest BCUT2D eigenvalue weighted by Gasteiger charge is -2.06. The Labute approximate surface area is 140 Å². The second kappa shape index (κ2) is 7.41. The van der Waals surface area contributed by atoms with Crippen LogP contribution >= 0.6 is 0 Å². The highest BCUT2D eigenvalue weighted by atomic mass is 16.5. The molecule has 0 bridgehead atoms. The lowest BCUT2D eigenvalue weighted by Crippen LogP contribution is -2.29. The molecule has 0 aliphatic rings. The number of ether oxygens (including phenoxy) is 1. The van der Waals surface area contributed by atoms with Crippen LogP contribution in [-0.2, 0) is 0 Å². The molecule has 1 aromatic heterocycles. The number of hydrogen-bond acceptors (Lipinski definition) is 4. The quantitative estimate of drug-likeness (QED) is 0.708. The van der Waals surface area contributed by atoms with Crippen molar-refractivity contribution in [3.8, 4) is 11.4 Å². The Morgan fingerprint density at radius 1 is 1.04 bits per heavy atom. The average molecular weight is 322 g/mol. The van der Waals surface area contributed by atoms with Gasteiger partial charge in [0.1, 0.15) is 12.4 Å². The number of hydrogen-bond donors (Lipinski definition) is 1. The first-order valence-electron chi connectivity index (χ1n) is 7.69. The van der Waals surface area contributed by atoms with Crippen LogP contribution in [0.4, 0.5) is 0 Å². The molecular weight excluding hydrogens is 304 g/mol. The van der Waals surface area contributed by atoms with Crippen LogP contribution in [0.15, 0.2) is 60.7 Å². The van der Waals surface area contributed by atoms with Crippen LogP contribution in [0.2, 0.25) is 0 Å². The number of aryl methyl sites for hydroxylation is 1. The summed E-state index contributed by atoms with van der Waals surface area (Å²) in [5.41, 5.74) is 1.71. The minimum Gasteiger partial charge on any atom is -0.492 e. The normalized spacial score (nSPS) is 10.4. The lowest BCUT2D eigenvalue weighted by molar-refractivity contribution is 0.0941. The van der Waals surface area contributed by atoms with Crippen molar-refractivity contribution < 1.29 is 9.53 Å². The average Bonchev–Trinajstić information content (AvgIpc) is 3.02. The molecule has 0 fully saturated rings. The number of benzene rings is 2. The molecule has 2 aromatic carbocycles. The number of para-hydroxylation sites is 2. The summed E-state index contributed by atoms with van der Waals surface area (Å²) in [6.45, 7) is 2.55. The van der Waals surface area contributed by atoms with Crippen molar-refractivity contribution in [3.05, 3.63) is 72.1 Å². The molecule has 1 amide bonds. The topological polar surface area (TPSA) is 69.0 Å². The first kappa shape index (κ1) is 15.7. The summed E-state index contributed by atoms with van der Waals surface area (Å²) in [5.74, 6) is 0.518. The monoisotopic (exact) mass is 322 g/mol. The predicted molar refractivity (Wildman–Crippen MR) is 90.4 cm³/mol. The van der Waals surface area contributed by atoms with Gasteiger partial charge in [0.2, 0.25) is 0 Å². The van der Waals surface area contributed by atoms with E-state index in [0.29, 0.717) is 24.5 Å². The highest BCUT2D eigenvalue weighted by Gasteiger charge is 2.15. The molecule has 1 heterocycles. The van der Waals surface area contributed by atoms with Crippen LogP contribution in [0.1, 0.15) is 16.2 Å². The molecule has 0 aliphatic carbocycles. The van der Waals surface area contributed by atoms with Gasteiger partial charge in [0.25, 0.3) is 5.91 Å². The van der Waals surface area contributed by atoms with E-state index in [4.69, 9.17) is 4.74 Å². The Hall–Kier alpha value is -3.15. The molecule has 24 heavy (non-hydrogen) atoms. The van der Waals surface area contributed by atoms with Gasteiger partial charge >= 0.3 is 0 Å². The number of rotatable bonds is 6. The summed E-state index contributed by atoms with van der Waals surface area (Å²) in [6, 6.07) is 19.0. The van der Waals surface area contributed by atoms with E-state index in [9.17, 15) is 4.79 Å². The molecule has 1 N–H and O–H groups in total. The molecule has 6 heteroatoms. The summed E-state index contributed by atoms with van der Waals surface area (Å²) < 4.78 is 5.54. The van der Waals surface area contributed by atoms with Crippen LogP contribution in [0.3, 0.4) is 0 Å². The summed E-state index contributed by atoms with van der Waals surface area (Å²) in [6.07, 6.45) is 0. The first-order chi connectivity index (χ1) is 11.7. The standard InChI is InChI=1S/C18H18N4O2/c1-14-17(21-22(20-14)15-8-4-2-5-9-15)18(23)19-12-13-24-16-10-6-3-7-11-16/h2-11H,12-13H2,1H3,(H,19,23). The minimum atomic E-state index is -0.258. The van der Waals surface area contributed by atoms with Crippen molar-refractivity contribution in [2.45, 2.75) is 6.92 Å². The number of aromatic nitrogens is 3. The second-order valence-corrected chi connectivity index (χ2v) is 5.18. The summed E-state index contributed by atoms with van der Waals surface area (Å²) in [4.78, 5) is 13.7. The maximum atomic E-state index is 12.2. The van der Waals surface area contributed by atoms with Gasteiger partial charge in [-0.3, -0.25) is 4.79 Å². The zero-order valence-electron chi connectivity index (χ0n) is 13.3. The highest BCUT2D eigenvalue weighted by Crippen LogP contribution is 2.09. The van der Waals surface area contributed by atoms with Crippen molar-refractivity contribution in [2.75, 3.05) is 13.2 Å². The van der Waals surface area contributed by atoms with Gasteiger partial charge in [0.15, 0.2) is 5.69 Å². The van der Waals surface area contributed by atoms with E-state index in [1.165, 1.54) is 4.80 Å². The van der Waals surface area contributed by atoms with Gasteiger partial charge in [-0.2, -0.15) is 9.90 Å². The fraction of sp³-hybridized carbons (Fsp3) is 0.167. The number of carbonyl (C=O) groups is 1. The largest absolute Gasteiger partial charge is 0.492 e. The highest BCUT2D eigenvalue weighted by molar-refractivity contribution is 5.93. The van der Waals surface area contributed by atoms with Crippen LogP contribution in [0.25, 0.3) is 5.69 Å². The molecule has 122 valence electrons. The van der Waals surface area contributed by atoms with Crippen LogP contribution in [0.5, 0.6) is 5.75 Å². The smallest absolute Gasteiger partial charge is 0.273 e. The van der Waals surface area contributed by atoms with E-state index in [2.05, 4.69) is 15.5 Å². The predicted octanol–water partition coefficient (Wildman–Crippen LogP) is 2.38. The molecule has 3 rings (SSSR count). The van der Waals surface area contributed by atoms with Gasteiger partial charge in [-0.25, -0.2) is 0 Å². The van der Waals surface area contributed by atoms with E-state index in [-0.39, 0.29) is 5.91 Å². The number of amides is 1. The fourth-order valence-electron chi connectivity index (χ4n) is 2.20. The van der Waals surface area contributed by atoms with Crippen molar-refractivity contribution in [2.24, 2.45) is 0 Å². The Kier molecular flexibility index (Phi) is 4.86. The van der Waals surface area contributed by atoms with Crippen molar-refractivity contribution in [1.82, 2.24) is 20.3 Å². The molecule has 0 spiro atoms. The van der Waals surface area contributed by atoms with Crippen molar-refractivity contribution in [1.29, 1.82) is 0 Å². The Bertz CT molecular complexity index is 800. The third-order valence-corrected chi connectivity index (χ3v) is 3.38. The zero-order chi connectivity index (χ0) is 16.8. The number of nitrogens with one attached hydrogen (secondary N) is 1. The Morgan fingerprint density at radius 2 is 1.71 bits per heavy atom. The number of nitrogens with zero attached hydrogens (tertiary/aromatic N) is 3. The molecule has 0 radical (unpaired) electrons. The molecule has 0 unspecified atom stereocenters. The van der Waals surface area contributed by atoms with Gasteiger partial charge in [0, 0.05) is 0 Å². The molecule has 0 saturated carbocycles. The maximum Gasteiger partial charge on any atom is 0.273 e. The van der Waals surface area contributed by atoms with E-state index >= 15 is 0 Å². The van der Waals surface area contributed by atoms with Crippen molar-refractivity contribution >= 4 is 5.91 Å². The van der Waals surface area contributed by atoms with E-state index in [1.54, 1.807) is 6.92 Å². The van der Waals surface area contributed by atoms with Gasteiger partial charge < -0.3 is 10.1 Å². The first-order valence-corrected chi connectivity index (χ1v) is 7.69. The molecule has 6 nitrogen and oxygen atoms in total. The third-order valence-electron chi connectivity index (χ3n) is 3.38. The van der Waals surface area contributed by atoms with Crippen LogP contribution in [-0.4, -0.2) is 34.1 Å². The molecule has 0 aliphatic heterocycles. The SMILES string of the molecule is Cc1nn(-c2ccccc2)nc1C(=O)NCCOc1ccccc1. The van der Waals surface area contributed by atoms with Crippen LogP contribution < -0.4 is 10.1 Å². The lowest BCUT2D eigenvalue weighted by atomic mass is 10.3. The van der Waals surface area contributed by atoms with Gasteiger partial charge in [0.05, 0.1) is 17.9 Å². The molecule has 0 atom stereocenters. The fourth-order valence-corrected chi connectivity index (χ4v) is 2.20. The third kappa shape index (κ3) is 3.78.